The van der Waals surface area contributed by atoms with Gasteiger partial charge in [-0.15, -0.1) is 0 Å². The van der Waals surface area contributed by atoms with Crippen LogP contribution >= 0.6 is 0 Å². The standard InChI is InChI=1S/C25H26N2O3/c1-15-10-12-19(25(28)29)21-18(9-5-6-14-26)23(27-22(15)21)20-13-11-16-7-3-4-8-17(16)24(20)30-2/h3-4,7-8,10-13,27H,5-6,9,14,26H2,1-2H3,(H,28,29). The Bertz CT molecular complexity index is 1240. The molecule has 0 saturated heterocycles. The summed E-state index contributed by atoms with van der Waals surface area (Å²) in [7, 11) is 1.68. The van der Waals surface area contributed by atoms with E-state index in [2.05, 4.69) is 17.1 Å². The van der Waals surface area contributed by atoms with Gasteiger partial charge in [0.15, 0.2) is 0 Å². The summed E-state index contributed by atoms with van der Waals surface area (Å²) in [6.45, 7) is 2.61. The highest BCUT2D eigenvalue weighted by molar-refractivity contribution is 6.08. The lowest BCUT2D eigenvalue weighted by atomic mass is 9.95. The molecule has 1 aromatic heterocycles. The second-order valence-electron chi connectivity index (χ2n) is 7.58. The first-order valence-electron chi connectivity index (χ1n) is 10.2. The average Bonchev–Trinajstić information content (AvgIpc) is 3.13. The van der Waals surface area contributed by atoms with E-state index in [4.69, 9.17) is 10.5 Å². The Balaban J connectivity index is 2.04. The number of aryl methyl sites for hydroxylation is 2. The van der Waals surface area contributed by atoms with Gasteiger partial charge in [-0.2, -0.15) is 0 Å². The molecule has 0 aliphatic carbocycles. The van der Waals surface area contributed by atoms with Crippen LogP contribution in [0, 0.1) is 6.92 Å². The van der Waals surface area contributed by atoms with Gasteiger partial charge in [-0.05, 0) is 61.4 Å². The zero-order valence-corrected chi connectivity index (χ0v) is 17.3. The van der Waals surface area contributed by atoms with Crippen molar-refractivity contribution in [3.05, 3.63) is 65.2 Å². The molecule has 0 bridgehead atoms. The Labute approximate surface area is 175 Å². The van der Waals surface area contributed by atoms with E-state index in [1.54, 1.807) is 13.2 Å². The lowest BCUT2D eigenvalue weighted by molar-refractivity contribution is 0.0699. The monoisotopic (exact) mass is 402 g/mol. The Kier molecular flexibility index (Phi) is 5.46. The lowest BCUT2D eigenvalue weighted by Gasteiger charge is -2.13. The van der Waals surface area contributed by atoms with Gasteiger partial charge >= 0.3 is 5.97 Å². The number of rotatable bonds is 7. The van der Waals surface area contributed by atoms with Crippen molar-refractivity contribution in [2.45, 2.75) is 26.2 Å². The minimum Gasteiger partial charge on any atom is -0.495 e. The number of nitrogens with two attached hydrogens (primary N) is 1. The summed E-state index contributed by atoms with van der Waals surface area (Å²) in [5.41, 5.74) is 10.8. The van der Waals surface area contributed by atoms with Crippen molar-refractivity contribution in [2.24, 2.45) is 5.73 Å². The molecule has 0 atom stereocenters. The van der Waals surface area contributed by atoms with E-state index in [9.17, 15) is 9.90 Å². The molecule has 0 spiro atoms. The number of fused-ring (bicyclic) bond motifs is 2. The van der Waals surface area contributed by atoms with Gasteiger partial charge in [0.05, 0.1) is 18.4 Å². The molecule has 0 saturated carbocycles. The number of ether oxygens (including phenoxy) is 1. The van der Waals surface area contributed by atoms with Crippen LogP contribution in [0.15, 0.2) is 48.5 Å². The maximum atomic E-state index is 12.0. The van der Waals surface area contributed by atoms with Crippen molar-refractivity contribution in [2.75, 3.05) is 13.7 Å². The highest BCUT2D eigenvalue weighted by atomic mass is 16.5. The smallest absolute Gasteiger partial charge is 0.336 e. The van der Waals surface area contributed by atoms with Gasteiger partial charge in [0.25, 0.3) is 0 Å². The third kappa shape index (κ3) is 3.31. The van der Waals surface area contributed by atoms with E-state index < -0.39 is 5.97 Å². The number of benzene rings is 3. The average molecular weight is 402 g/mol. The Morgan fingerprint density at radius 2 is 1.90 bits per heavy atom. The molecule has 4 aromatic rings. The van der Waals surface area contributed by atoms with Gasteiger partial charge in [0.2, 0.25) is 0 Å². The molecule has 30 heavy (non-hydrogen) atoms. The molecule has 4 N–H and O–H groups in total. The first kappa shape index (κ1) is 20.0. The number of H-pyrrole nitrogens is 1. The molecule has 0 fully saturated rings. The zero-order chi connectivity index (χ0) is 21.3. The predicted molar refractivity (Wildman–Crippen MR) is 121 cm³/mol. The molecule has 0 aliphatic heterocycles. The number of unbranched alkanes of at least 4 members (excludes halogenated alkanes) is 1. The van der Waals surface area contributed by atoms with E-state index in [0.717, 1.165) is 69.1 Å². The van der Waals surface area contributed by atoms with Gasteiger partial charge in [0.1, 0.15) is 5.75 Å². The molecule has 4 rings (SSSR count). The second kappa shape index (κ2) is 8.20. The van der Waals surface area contributed by atoms with Crippen molar-refractivity contribution >= 4 is 27.6 Å². The van der Waals surface area contributed by atoms with Crippen LogP contribution in [0.2, 0.25) is 0 Å². The largest absolute Gasteiger partial charge is 0.495 e. The summed E-state index contributed by atoms with van der Waals surface area (Å²) in [5.74, 6) is -0.134. The molecular weight excluding hydrogens is 376 g/mol. The number of nitrogens with one attached hydrogen (secondary N) is 1. The maximum Gasteiger partial charge on any atom is 0.336 e. The number of aromatic nitrogens is 1. The van der Waals surface area contributed by atoms with Crippen molar-refractivity contribution in [1.29, 1.82) is 0 Å². The molecule has 0 amide bonds. The number of hydrogen-bond donors (Lipinski definition) is 3. The molecule has 5 nitrogen and oxygen atoms in total. The van der Waals surface area contributed by atoms with Crippen LogP contribution in [0.4, 0.5) is 0 Å². The fourth-order valence-electron chi connectivity index (χ4n) is 4.27. The van der Waals surface area contributed by atoms with Crippen LogP contribution < -0.4 is 10.5 Å². The number of carboxylic acid groups (broad SMARTS) is 1. The van der Waals surface area contributed by atoms with Crippen molar-refractivity contribution in [3.63, 3.8) is 0 Å². The maximum absolute atomic E-state index is 12.0. The Morgan fingerprint density at radius 3 is 2.63 bits per heavy atom. The topological polar surface area (TPSA) is 88.3 Å². The molecule has 0 radical (unpaired) electrons. The number of hydrogen-bond acceptors (Lipinski definition) is 3. The van der Waals surface area contributed by atoms with Crippen molar-refractivity contribution in [3.8, 4) is 17.0 Å². The fourth-order valence-corrected chi connectivity index (χ4v) is 4.27. The minimum atomic E-state index is -0.920. The summed E-state index contributed by atoms with van der Waals surface area (Å²) in [6.07, 6.45) is 2.51. The molecule has 0 aliphatic rings. The van der Waals surface area contributed by atoms with Crippen LogP contribution in [-0.2, 0) is 6.42 Å². The van der Waals surface area contributed by atoms with Crippen molar-refractivity contribution in [1.82, 2.24) is 4.98 Å². The number of aromatic amines is 1. The summed E-state index contributed by atoms with van der Waals surface area (Å²) in [6, 6.07) is 15.8. The number of aromatic carboxylic acids is 1. The van der Waals surface area contributed by atoms with Crippen LogP contribution in [-0.4, -0.2) is 29.7 Å². The highest BCUT2D eigenvalue weighted by Crippen LogP contribution is 2.41. The first-order chi connectivity index (χ1) is 14.6. The normalized spacial score (nSPS) is 11.3. The van der Waals surface area contributed by atoms with E-state index in [1.165, 1.54) is 0 Å². The van der Waals surface area contributed by atoms with Gasteiger partial charge in [-0.25, -0.2) is 4.79 Å². The summed E-state index contributed by atoms with van der Waals surface area (Å²) < 4.78 is 5.84. The molecule has 1 heterocycles. The zero-order valence-electron chi connectivity index (χ0n) is 17.3. The summed E-state index contributed by atoms with van der Waals surface area (Å²) in [5, 5.41) is 12.7. The van der Waals surface area contributed by atoms with E-state index >= 15 is 0 Å². The molecule has 5 heteroatoms. The van der Waals surface area contributed by atoms with E-state index in [0.29, 0.717) is 12.1 Å². The summed E-state index contributed by atoms with van der Waals surface area (Å²) >= 11 is 0. The molecule has 3 aromatic carbocycles. The Hall–Kier alpha value is -3.31. The SMILES string of the molecule is COc1c(-c2[nH]c3c(C)ccc(C(=O)O)c3c2CCCCN)ccc2ccccc12. The third-order valence-corrected chi connectivity index (χ3v) is 5.73. The second-order valence-corrected chi connectivity index (χ2v) is 7.58. The first-order valence-corrected chi connectivity index (χ1v) is 10.2. The van der Waals surface area contributed by atoms with Crippen LogP contribution in [0.1, 0.15) is 34.3 Å². The third-order valence-electron chi connectivity index (χ3n) is 5.73. The predicted octanol–water partition coefficient (Wildman–Crippen LogP) is 5.28. The molecule has 154 valence electrons. The van der Waals surface area contributed by atoms with Crippen LogP contribution in [0.3, 0.4) is 0 Å². The lowest BCUT2D eigenvalue weighted by Crippen LogP contribution is -2.02. The summed E-state index contributed by atoms with van der Waals surface area (Å²) in [4.78, 5) is 15.5. The fraction of sp³-hybridized carbons (Fsp3) is 0.240. The number of carboxylic acids is 1. The molecule has 0 unspecified atom stereocenters. The van der Waals surface area contributed by atoms with Gasteiger partial charge in [0, 0.05) is 21.9 Å². The highest BCUT2D eigenvalue weighted by Gasteiger charge is 2.22. The van der Waals surface area contributed by atoms with Gasteiger partial charge in [-0.3, -0.25) is 0 Å². The van der Waals surface area contributed by atoms with Gasteiger partial charge < -0.3 is 20.6 Å². The quantitative estimate of drug-likeness (QED) is 0.367. The van der Waals surface area contributed by atoms with Crippen LogP contribution in [0.5, 0.6) is 5.75 Å². The number of carbonyl (C=O) groups is 1. The Morgan fingerprint density at radius 1 is 1.10 bits per heavy atom. The molecular formula is C25H26N2O3. The number of methoxy groups -OCH3 is 1. The van der Waals surface area contributed by atoms with Crippen molar-refractivity contribution < 1.29 is 14.6 Å². The van der Waals surface area contributed by atoms with Crippen LogP contribution in [0.25, 0.3) is 32.9 Å². The van der Waals surface area contributed by atoms with Gasteiger partial charge in [-0.1, -0.05) is 36.4 Å². The minimum absolute atomic E-state index is 0.320. The van der Waals surface area contributed by atoms with E-state index in [1.807, 2.05) is 37.3 Å². The van der Waals surface area contributed by atoms with E-state index in [-0.39, 0.29) is 0 Å².